The van der Waals surface area contributed by atoms with Gasteiger partial charge in [-0.05, 0) is 13.8 Å². The van der Waals surface area contributed by atoms with Crippen LogP contribution in [0.5, 0.6) is 0 Å². The van der Waals surface area contributed by atoms with Gasteiger partial charge in [-0.3, -0.25) is 9.59 Å². The summed E-state index contributed by atoms with van der Waals surface area (Å²) in [7, 11) is 0. The van der Waals surface area contributed by atoms with E-state index in [1.54, 1.807) is 0 Å². The summed E-state index contributed by atoms with van der Waals surface area (Å²) in [5.41, 5.74) is 0. The molecule has 0 aromatic heterocycles. The standard InChI is InChI=1S/2C5H5O3.Co/c2*1-4(7)2-5(8)3-6;/h2*2H2,1H3;/q2*-1;+2. The molecular formula is C10H10CoO6. The maximum Gasteiger partial charge on any atom is 2.00 e. The van der Waals surface area contributed by atoms with E-state index in [0.29, 0.717) is 0 Å². The Morgan fingerprint density at radius 3 is 1.06 bits per heavy atom. The molecule has 6 nitrogen and oxygen atoms in total. The minimum Gasteiger partial charge on any atom is -0.534 e. The van der Waals surface area contributed by atoms with Crippen LogP contribution in [0, 0.1) is 0 Å². The van der Waals surface area contributed by atoms with E-state index in [-0.39, 0.29) is 41.2 Å². The molecule has 7 heteroatoms. The quantitative estimate of drug-likeness (QED) is 0.363. The molecule has 1 radical (unpaired) electrons. The van der Waals surface area contributed by atoms with Gasteiger partial charge in [-0.2, -0.15) is 12.6 Å². The molecule has 0 unspecified atom stereocenters. The number of hydrogen-bond acceptors (Lipinski definition) is 6. The first-order valence-corrected chi connectivity index (χ1v) is 4.14. The van der Waals surface area contributed by atoms with Crippen LogP contribution in [0.15, 0.2) is 0 Å². The summed E-state index contributed by atoms with van der Waals surface area (Å²) in [5.74, 6) is -2.17. The molecule has 0 aliphatic carbocycles. The second-order valence-corrected chi connectivity index (χ2v) is 2.81. The van der Waals surface area contributed by atoms with Gasteiger partial charge in [-0.1, -0.05) is 0 Å². The summed E-state index contributed by atoms with van der Waals surface area (Å²) in [6, 6.07) is 0. The van der Waals surface area contributed by atoms with E-state index in [4.69, 9.17) is 0 Å². The molecule has 0 rings (SSSR count). The molecule has 0 aromatic rings. The topological polar surface area (TPSA) is 102 Å². The number of hydrogen-bond donors (Lipinski definition) is 0. The maximum absolute atomic E-state index is 10.0. The molecule has 0 atom stereocenters. The fourth-order valence-corrected chi connectivity index (χ4v) is 0.524. The van der Waals surface area contributed by atoms with Gasteiger partial charge in [0.1, 0.15) is 11.6 Å². The Balaban J connectivity index is -0.000000218. The summed E-state index contributed by atoms with van der Waals surface area (Å²) >= 11 is 0. The Morgan fingerprint density at radius 1 is 0.765 bits per heavy atom. The molecule has 0 N–H and O–H groups in total. The van der Waals surface area contributed by atoms with Gasteiger partial charge in [0.15, 0.2) is 0 Å². The SMILES string of the molecule is CC(=O)CC(=O)[C-]=O.CC(=O)CC(=O)[C-]=O.[Co+2]. The van der Waals surface area contributed by atoms with Crippen LogP contribution in [-0.4, -0.2) is 35.7 Å². The number of carbonyl (C=O) groups is 4. The molecule has 0 spiro atoms. The van der Waals surface area contributed by atoms with Gasteiger partial charge >= 0.3 is 16.8 Å². The number of Topliss-reactive ketones (excluding diaryl/α,β-unsaturated/α-hetero) is 4. The van der Waals surface area contributed by atoms with Gasteiger partial charge in [0.05, 0.1) is 0 Å². The minimum atomic E-state index is -0.780. The Labute approximate surface area is 108 Å². The first kappa shape index (κ1) is 20.9. The van der Waals surface area contributed by atoms with Crippen molar-refractivity contribution in [3.05, 3.63) is 0 Å². The molecule has 0 saturated carbocycles. The van der Waals surface area contributed by atoms with E-state index in [0.717, 1.165) is 12.6 Å². The zero-order chi connectivity index (χ0) is 13.1. The van der Waals surface area contributed by atoms with E-state index >= 15 is 0 Å². The summed E-state index contributed by atoms with van der Waals surface area (Å²) in [5, 5.41) is 0. The number of carbonyl (C=O) groups excluding carboxylic acids is 6. The maximum atomic E-state index is 10.0. The first-order valence-electron chi connectivity index (χ1n) is 4.14. The fraction of sp³-hybridized carbons (Fsp3) is 0.400. The molecule has 0 aliphatic rings. The van der Waals surface area contributed by atoms with Crippen molar-refractivity contribution in [3.8, 4) is 0 Å². The van der Waals surface area contributed by atoms with Crippen molar-refractivity contribution in [3.63, 3.8) is 0 Å². The monoisotopic (exact) mass is 285 g/mol. The second-order valence-electron chi connectivity index (χ2n) is 2.81. The van der Waals surface area contributed by atoms with Crippen molar-refractivity contribution in [2.45, 2.75) is 26.7 Å². The molecule has 17 heavy (non-hydrogen) atoms. The average molecular weight is 285 g/mol. The van der Waals surface area contributed by atoms with Crippen LogP contribution < -0.4 is 0 Å². The van der Waals surface area contributed by atoms with E-state index < -0.39 is 11.6 Å². The van der Waals surface area contributed by atoms with Crippen LogP contribution in [0.3, 0.4) is 0 Å². The zero-order valence-electron chi connectivity index (χ0n) is 9.20. The van der Waals surface area contributed by atoms with E-state index in [9.17, 15) is 28.8 Å². The molecule has 0 amide bonds. The average Bonchev–Trinajstić information content (AvgIpc) is 2.16. The van der Waals surface area contributed by atoms with Crippen molar-refractivity contribution in [2.75, 3.05) is 0 Å². The summed E-state index contributed by atoms with van der Waals surface area (Å²) in [6.07, 6.45) is 1.54. The normalized spacial score (nSPS) is 7.65. The van der Waals surface area contributed by atoms with Gasteiger partial charge in [0, 0.05) is 24.4 Å². The van der Waals surface area contributed by atoms with Crippen LogP contribution >= 0.6 is 0 Å². The molecule has 0 saturated heterocycles. The smallest absolute Gasteiger partial charge is 0.534 e. The van der Waals surface area contributed by atoms with E-state index in [1.165, 1.54) is 13.8 Å². The van der Waals surface area contributed by atoms with Crippen molar-refractivity contribution < 1.29 is 45.5 Å². The third kappa shape index (κ3) is 20.6. The van der Waals surface area contributed by atoms with Gasteiger partial charge in [0.25, 0.3) is 0 Å². The largest absolute Gasteiger partial charge is 2.00 e. The predicted molar refractivity (Wildman–Crippen MR) is 52.0 cm³/mol. The van der Waals surface area contributed by atoms with Crippen LogP contribution in [0.4, 0.5) is 0 Å². The summed E-state index contributed by atoms with van der Waals surface area (Å²) in [4.78, 5) is 58.8. The Morgan fingerprint density at radius 2 is 1.00 bits per heavy atom. The molecule has 0 aromatic carbocycles. The summed E-state index contributed by atoms with van der Waals surface area (Å²) < 4.78 is 0. The number of ketones is 4. The van der Waals surface area contributed by atoms with Crippen LogP contribution in [0.1, 0.15) is 26.7 Å². The van der Waals surface area contributed by atoms with Crippen LogP contribution in [-0.2, 0) is 45.5 Å². The van der Waals surface area contributed by atoms with Crippen molar-refractivity contribution in [1.82, 2.24) is 0 Å². The Bertz CT molecular complexity index is 289. The Kier molecular flexibility index (Phi) is 15.5. The van der Waals surface area contributed by atoms with Crippen LogP contribution in [0.25, 0.3) is 0 Å². The number of rotatable bonds is 6. The van der Waals surface area contributed by atoms with Gasteiger partial charge in [-0.15, -0.1) is 0 Å². The van der Waals surface area contributed by atoms with Gasteiger partial charge in [0.2, 0.25) is 0 Å². The third-order valence-electron chi connectivity index (χ3n) is 1.05. The van der Waals surface area contributed by atoms with E-state index in [2.05, 4.69) is 0 Å². The zero-order valence-corrected chi connectivity index (χ0v) is 10.2. The Hall–Kier alpha value is -1.47. The van der Waals surface area contributed by atoms with Crippen molar-refractivity contribution in [2.24, 2.45) is 0 Å². The third-order valence-corrected chi connectivity index (χ3v) is 1.05. The second kappa shape index (κ2) is 12.6. The minimum absolute atomic E-state index is 0. The molecule has 0 fully saturated rings. The first-order chi connectivity index (χ1) is 7.33. The summed E-state index contributed by atoms with van der Waals surface area (Å²) in [6.45, 7) is 2.49. The molecular weight excluding hydrogens is 275 g/mol. The van der Waals surface area contributed by atoms with E-state index in [1.807, 2.05) is 0 Å². The predicted octanol–water partition coefficient (Wildman–Crippen LogP) is -0.714. The fourth-order valence-electron chi connectivity index (χ4n) is 0.524. The van der Waals surface area contributed by atoms with Crippen LogP contribution in [0.2, 0.25) is 0 Å². The van der Waals surface area contributed by atoms with Crippen molar-refractivity contribution >= 4 is 35.7 Å². The molecule has 0 aliphatic heterocycles. The van der Waals surface area contributed by atoms with Gasteiger partial charge < -0.3 is 19.2 Å². The molecule has 0 heterocycles. The molecule has 0 bridgehead atoms. The molecule has 95 valence electrons. The van der Waals surface area contributed by atoms with Gasteiger partial charge in [-0.25, -0.2) is 0 Å². The van der Waals surface area contributed by atoms with Crippen molar-refractivity contribution in [1.29, 1.82) is 0 Å².